The van der Waals surface area contributed by atoms with Crippen molar-refractivity contribution in [2.75, 3.05) is 63.1 Å². The van der Waals surface area contributed by atoms with Gasteiger partial charge in [-0.15, -0.1) is 11.3 Å². The summed E-state index contributed by atoms with van der Waals surface area (Å²) in [5, 5.41) is 32.4. The van der Waals surface area contributed by atoms with Crippen molar-refractivity contribution in [3.05, 3.63) is 125 Å². The van der Waals surface area contributed by atoms with Crippen molar-refractivity contribution in [2.24, 2.45) is 5.41 Å². The number of likely N-dealkylation sites (tertiary alicyclic amines) is 1. The van der Waals surface area contributed by atoms with Crippen molar-refractivity contribution >= 4 is 52.2 Å². The molecule has 2 aliphatic heterocycles. The Labute approximate surface area is 469 Å². The first-order chi connectivity index (χ1) is 38.5. The fourth-order valence-electron chi connectivity index (χ4n) is 9.88. The van der Waals surface area contributed by atoms with Crippen LogP contribution in [0.3, 0.4) is 0 Å². The number of halogens is 1. The number of thiazole rings is 1. The molecule has 3 aromatic heterocycles. The summed E-state index contributed by atoms with van der Waals surface area (Å²) in [5.74, 6) is -2.11. The maximum atomic E-state index is 15.0. The molecule has 21 heteroatoms. The molecule has 0 radical (unpaired) electrons. The lowest BCUT2D eigenvalue weighted by Crippen LogP contribution is -2.57. The van der Waals surface area contributed by atoms with Crippen LogP contribution in [0.4, 0.5) is 15.8 Å². The fraction of sp³-hybridized carbons (Fsp3) is 0.390. The number of pyridine rings is 1. The molecule has 5 amide bonds. The Morgan fingerprint density at radius 1 is 0.912 bits per heavy atom. The van der Waals surface area contributed by atoms with Gasteiger partial charge in [-0.2, -0.15) is 5.26 Å². The smallest absolute Gasteiger partial charge is 0.274 e. The van der Waals surface area contributed by atoms with E-state index >= 15 is 0 Å². The van der Waals surface area contributed by atoms with Gasteiger partial charge in [0.15, 0.2) is 5.82 Å². The number of ether oxygens (including phenoxy) is 1. The van der Waals surface area contributed by atoms with E-state index < -0.39 is 41.2 Å². The molecule has 19 nitrogen and oxygen atoms in total. The van der Waals surface area contributed by atoms with E-state index in [2.05, 4.69) is 57.1 Å². The zero-order valence-corrected chi connectivity index (χ0v) is 46.4. The number of nitrogens with zero attached hydrogens (tertiary/aromatic N) is 8. The Kier molecular flexibility index (Phi) is 19.3. The van der Waals surface area contributed by atoms with Crippen LogP contribution in [0.2, 0.25) is 0 Å². The average Bonchev–Trinajstić information content (AvgIpc) is 4.12. The Balaban J connectivity index is 0.776. The van der Waals surface area contributed by atoms with Crippen LogP contribution in [-0.4, -0.2) is 135 Å². The molecule has 6 aromatic rings. The Morgan fingerprint density at radius 3 is 2.40 bits per heavy atom. The SMILES string of the molecule is COc1cccc(F)c1-c1nccc(C(=O)Nc2ccc(-c3cnccc3C#N)cc2N2CCN(CC(=O)NCCCCCCC(=O)N[C@H](C(=O)N3C[C@H](O)C[C@H]3C(=O)NCc3ccc(-c4scnc4C)cc3)C(C)(C)C)CC2)n1. The van der Waals surface area contributed by atoms with Gasteiger partial charge < -0.3 is 40.9 Å². The summed E-state index contributed by atoms with van der Waals surface area (Å²) >= 11 is 1.57. The summed E-state index contributed by atoms with van der Waals surface area (Å²) in [6.07, 6.45) is 6.78. The maximum Gasteiger partial charge on any atom is 0.274 e. The molecule has 0 unspecified atom stereocenters. The Morgan fingerprint density at radius 2 is 1.68 bits per heavy atom. The van der Waals surface area contributed by atoms with Crippen LogP contribution in [0, 0.1) is 29.5 Å². The first-order valence-corrected chi connectivity index (χ1v) is 27.6. The highest BCUT2D eigenvalue weighted by atomic mass is 32.1. The number of nitriles is 1. The summed E-state index contributed by atoms with van der Waals surface area (Å²) in [6, 6.07) is 21.2. The number of carbonyl (C=O) groups is 5. The molecule has 80 heavy (non-hydrogen) atoms. The van der Waals surface area contributed by atoms with Gasteiger partial charge in [0.2, 0.25) is 23.6 Å². The van der Waals surface area contributed by atoms with Crippen LogP contribution in [0.5, 0.6) is 5.75 Å². The van der Waals surface area contributed by atoms with Crippen molar-refractivity contribution in [3.8, 4) is 44.8 Å². The number of aromatic nitrogens is 4. The molecule has 8 rings (SSSR count). The lowest BCUT2D eigenvalue weighted by Gasteiger charge is -2.36. The molecule has 2 saturated heterocycles. The number of rotatable bonds is 21. The number of anilines is 2. The van der Waals surface area contributed by atoms with Gasteiger partial charge in [-0.25, -0.2) is 19.3 Å². The number of hydrogen-bond donors (Lipinski definition) is 5. The molecule has 2 aliphatic rings. The number of piperazine rings is 1. The number of carbonyl (C=O) groups excluding carboxylic acids is 5. The van der Waals surface area contributed by atoms with E-state index in [0.717, 1.165) is 40.1 Å². The van der Waals surface area contributed by atoms with Crippen molar-refractivity contribution in [2.45, 2.75) is 91.0 Å². The number of aryl methyl sites for hydroxylation is 1. The highest BCUT2D eigenvalue weighted by molar-refractivity contribution is 7.13. The van der Waals surface area contributed by atoms with E-state index in [0.29, 0.717) is 68.1 Å². The van der Waals surface area contributed by atoms with Crippen molar-refractivity contribution < 1.29 is 38.2 Å². The summed E-state index contributed by atoms with van der Waals surface area (Å²) in [6.45, 7) is 10.6. The average molecular weight is 1110 g/mol. The molecule has 3 atom stereocenters. The van der Waals surface area contributed by atoms with E-state index in [1.807, 2.05) is 63.5 Å². The third-order valence-electron chi connectivity index (χ3n) is 14.2. The zero-order valence-electron chi connectivity index (χ0n) is 45.6. The lowest BCUT2D eigenvalue weighted by molar-refractivity contribution is -0.144. The highest BCUT2D eigenvalue weighted by Crippen LogP contribution is 2.35. The van der Waals surface area contributed by atoms with Crippen LogP contribution in [0.25, 0.3) is 33.0 Å². The number of aliphatic hydroxyl groups is 1. The molecule has 5 N–H and O–H groups in total. The van der Waals surface area contributed by atoms with Gasteiger partial charge in [-0.1, -0.05) is 70.0 Å². The third-order valence-corrected chi connectivity index (χ3v) is 15.2. The lowest BCUT2D eigenvalue weighted by atomic mass is 9.85. The van der Waals surface area contributed by atoms with Crippen LogP contribution in [0.15, 0.2) is 96.9 Å². The second kappa shape index (κ2) is 26.6. The molecule has 3 aromatic carbocycles. The van der Waals surface area contributed by atoms with Crippen molar-refractivity contribution in [1.82, 2.24) is 45.7 Å². The monoisotopic (exact) mass is 1110 g/mol. The minimum Gasteiger partial charge on any atom is -0.496 e. The number of β-amino-alcohol motifs (C(OH)–C–C–N with tert-alkyl or cyclic N) is 1. The largest absolute Gasteiger partial charge is 0.496 e. The fourth-order valence-corrected chi connectivity index (χ4v) is 10.7. The molecule has 418 valence electrons. The van der Waals surface area contributed by atoms with E-state index in [1.54, 1.807) is 48.0 Å². The quantitative estimate of drug-likeness (QED) is 0.0460. The molecular formula is C59H67FN12O7S. The number of unbranched alkanes of at least 4 members (excludes halogenated alkanes) is 3. The minimum absolute atomic E-state index is 0.00428. The summed E-state index contributed by atoms with van der Waals surface area (Å²) in [4.78, 5) is 91.7. The van der Waals surface area contributed by atoms with E-state index in [-0.39, 0.29) is 73.0 Å². The summed E-state index contributed by atoms with van der Waals surface area (Å²) in [5.41, 5.74) is 7.01. The number of nitrogens with one attached hydrogen (secondary N) is 4. The Bertz CT molecular complexity index is 3230. The van der Waals surface area contributed by atoms with E-state index in [1.165, 1.54) is 36.4 Å². The minimum atomic E-state index is -0.921. The van der Waals surface area contributed by atoms with Gasteiger partial charge in [0, 0.05) is 82.8 Å². The first kappa shape index (κ1) is 58.0. The summed E-state index contributed by atoms with van der Waals surface area (Å²) in [7, 11) is 1.41. The van der Waals surface area contributed by atoms with Gasteiger partial charge in [0.05, 0.1) is 64.4 Å². The standard InChI is InChI=1S/C59H67FN12O7S/c1-37-53(80-36-66-37)39-16-14-38(15-17-39)32-65-57(77)48-30-42(73)34-72(48)58(78)54(59(2,3)4)69-50(74)13-8-6-7-9-22-63-51(75)35-70-25-27-71(28-26-70)47-29-40(43-33-62-23-20-41(43)31-61)18-19-45(47)68-56(76)46-21-24-64-55(67-46)52-44(60)11-10-12-49(52)79-5/h10-12,14-21,23-24,29,33,36,42,48,54,73H,6-9,13,22,25-28,30,32,34-35H2,1-5H3,(H,63,75)(H,65,77)(H,68,76)(H,69,74)/t42-,48+,54-/m1/s1. The maximum absolute atomic E-state index is 15.0. The zero-order chi connectivity index (χ0) is 56.9. The predicted octanol–water partition coefficient (Wildman–Crippen LogP) is 6.91. The molecule has 0 aliphatic carbocycles. The Hall–Kier alpha value is -8.19. The molecule has 2 fully saturated rings. The van der Waals surface area contributed by atoms with Gasteiger partial charge >= 0.3 is 0 Å². The second-order valence-corrected chi connectivity index (χ2v) is 21.9. The molecular weight excluding hydrogens is 1040 g/mol. The molecule has 0 saturated carbocycles. The number of aliphatic hydroxyl groups excluding tert-OH is 1. The highest BCUT2D eigenvalue weighted by Gasteiger charge is 2.44. The third kappa shape index (κ3) is 14.5. The van der Waals surface area contributed by atoms with Crippen LogP contribution < -0.4 is 30.9 Å². The van der Waals surface area contributed by atoms with Crippen molar-refractivity contribution in [3.63, 3.8) is 0 Å². The van der Waals surface area contributed by atoms with Gasteiger partial charge in [-0.3, -0.25) is 33.9 Å². The van der Waals surface area contributed by atoms with E-state index in [9.17, 15) is 38.7 Å². The molecule has 0 spiro atoms. The van der Waals surface area contributed by atoms with Crippen LogP contribution in [-0.2, 0) is 25.7 Å². The summed E-state index contributed by atoms with van der Waals surface area (Å²) < 4.78 is 20.3. The predicted molar refractivity (Wildman–Crippen MR) is 303 cm³/mol. The molecule has 0 bridgehead atoms. The molecule has 5 heterocycles. The van der Waals surface area contributed by atoms with Crippen LogP contribution >= 0.6 is 11.3 Å². The number of methoxy groups -OCH3 is 1. The number of hydrogen-bond acceptors (Lipinski definition) is 15. The second-order valence-electron chi connectivity index (χ2n) is 21.0. The normalized spacial score (nSPS) is 15.9. The van der Waals surface area contributed by atoms with Crippen LogP contribution in [0.1, 0.15) is 86.6 Å². The van der Waals surface area contributed by atoms with Gasteiger partial charge in [-0.05, 0) is 78.3 Å². The first-order valence-electron chi connectivity index (χ1n) is 26.8. The van der Waals surface area contributed by atoms with Crippen molar-refractivity contribution in [1.29, 1.82) is 5.26 Å². The number of benzene rings is 3. The van der Waals surface area contributed by atoms with Gasteiger partial charge in [0.25, 0.3) is 5.91 Å². The van der Waals surface area contributed by atoms with E-state index in [4.69, 9.17) is 4.74 Å². The van der Waals surface area contributed by atoms with Gasteiger partial charge in [0.1, 0.15) is 29.3 Å². The number of amides is 5. The topological polar surface area (TPSA) is 248 Å².